The smallest absolute Gasteiger partial charge is 0.307 e. The molecule has 0 amide bonds. The first-order valence-corrected chi connectivity index (χ1v) is 6.51. The molecule has 0 bridgehead atoms. The van der Waals surface area contributed by atoms with Gasteiger partial charge in [-0.2, -0.15) is 0 Å². The van der Waals surface area contributed by atoms with Crippen LogP contribution in [0.3, 0.4) is 0 Å². The number of hydrogen-bond donors (Lipinski definition) is 1. The average Bonchev–Trinajstić information content (AvgIpc) is 2.70. The largest absolute Gasteiger partial charge is 0.320 e. The summed E-state index contributed by atoms with van der Waals surface area (Å²) in [6.07, 6.45) is 0. The molecule has 2 aromatic rings. The molecule has 0 spiro atoms. The van der Waals surface area contributed by atoms with Gasteiger partial charge in [0.15, 0.2) is 0 Å². The predicted octanol–water partition coefficient (Wildman–Crippen LogP) is 1.58. The molecule has 3 nitrogen and oxygen atoms in total. The van der Waals surface area contributed by atoms with Gasteiger partial charge in [-0.25, -0.2) is 0 Å². The van der Waals surface area contributed by atoms with Crippen LogP contribution in [0.5, 0.6) is 0 Å². The summed E-state index contributed by atoms with van der Waals surface area (Å²) in [6, 6.07) is 7.88. The molecular formula is C14H14N2OS. The maximum atomic E-state index is 11.6. The van der Waals surface area contributed by atoms with E-state index < -0.39 is 0 Å². The van der Waals surface area contributed by atoms with Crippen LogP contribution in [-0.4, -0.2) is 11.1 Å². The zero-order valence-corrected chi connectivity index (χ0v) is 11.0. The van der Waals surface area contributed by atoms with Crippen molar-refractivity contribution in [1.29, 1.82) is 0 Å². The van der Waals surface area contributed by atoms with Crippen LogP contribution >= 0.6 is 11.3 Å². The third-order valence-corrected chi connectivity index (χ3v) is 3.49. The zero-order chi connectivity index (χ0) is 13.0. The fourth-order valence-corrected chi connectivity index (χ4v) is 2.36. The van der Waals surface area contributed by atoms with E-state index in [9.17, 15) is 4.79 Å². The molecule has 2 N–H and O–H groups in total. The molecule has 0 aliphatic carbocycles. The molecule has 18 heavy (non-hydrogen) atoms. The molecule has 1 aromatic heterocycles. The number of aryl methyl sites for hydroxylation is 1. The number of aromatic nitrogens is 1. The monoisotopic (exact) mass is 258 g/mol. The minimum Gasteiger partial charge on any atom is -0.320 e. The van der Waals surface area contributed by atoms with Crippen molar-refractivity contribution in [3.05, 3.63) is 56.1 Å². The second kappa shape index (κ2) is 5.67. The minimum atomic E-state index is 0.0829. The highest BCUT2D eigenvalue weighted by molar-refractivity contribution is 7.07. The van der Waals surface area contributed by atoms with Gasteiger partial charge in [0, 0.05) is 16.6 Å². The molecule has 4 heteroatoms. The van der Waals surface area contributed by atoms with E-state index in [4.69, 9.17) is 5.73 Å². The van der Waals surface area contributed by atoms with Crippen LogP contribution in [0.2, 0.25) is 0 Å². The van der Waals surface area contributed by atoms with Crippen LogP contribution in [0.15, 0.2) is 34.4 Å². The Kier molecular flexibility index (Phi) is 3.98. The van der Waals surface area contributed by atoms with E-state index in [0.717, 1.165) is 16.8 Å². The maximum absolute atomic E-state index is 11.6. The predicted molar refractivity (Wildman–Crippen MR) is 74.8 cm³/mol. The summed E-state index contributed by atoms with van der Waals surface area (Å²) in [4.78, 5) is 11.7. The molecular weight excluding hydrogens is 244 g/mol. The number of benzene rings is 1. The van der Waals surface area contributed by atoms with Crippen molar-refractivity contribution in [3.8, 4) is 11.8 Å². The maximum Gasteiger partial charge on any atom is 0.307 e. The van der Waals surface area contributed by atoms with E-state index in [-0.39, 0.29) is 4.87 Å². The van der Waals surface area contributed by atoms with Gasteiger partial charge in [-0.1, -0.05) is 35.3 Å². The van der Waals surface area contributed by atoms with Gasteiger partial charge in [-0.3, -0.25) is 9.36 Å². The first-order valence-electron chi connectivity index (χ1n) is 5.63. The zero-order valence-electron chi connectivity index (χ0n) is 10.1. The van der Waals surface area contributed by atoms with Gasteiger partial charge in [0.2, 0.25) is 0 Å². The molecule has 0 radical (unpaired) electrons. The van der Waals surface area contributed by atoms with E-state index >= 15 is 0 Å². The average molecular weight is 258 g/mol. The molecule has 0 aliphatic rings. The molecule has 2 rings (SSSR count). The Balaban J connectivity index is 2.18. The lowest BCUT2D eigenvalue weighted by molar-refractivity contribution is 0.755. The highest BCUT2D eigenvalue weighted by Crippen LogP contribution is 2.07. The summed E-state index contributed by atoms with van der Waals surface area (Å²) in [5.41, 5.74) is 8.35. The first kappa shape index (κ1) is 12.6. The first-order chi connectivity index (χ1) is 8.70. The number of hydrogen-bond acceptors (Lipinski definition) is 3. The summed E-state index contributed by atoms with van der Waals surface area (Å²) < 4.78 is 1.77. The number of nitrogens with zero attached hydrogens (tertiary/aromatic N) is 1. The summed E-state index contributed by atoms with van der Waals surface area (Å²) in [5, 5.41) is 1.88. The van der Waals surface area contributed by atoms with E-state index in [1.807, 2.05) is 36.6 Å². The molecule has 0 fully saturated rings. The van der Waals surface area contributed by atoms with Crippen LogP contribution in [0.25, 0.3) is 0 Å². The van der Waals surface area contributed by atoms with Crippen LogP contribution < -0.4 is 10.6 Å². The van der Waals surface area contributed by atoms with Gasteiger partial charge >= 0.3 is 4.87 Å². The molecule has 1 aromatic carbocycles. The van der Waals surface area contributed by atoms with E-state index in [2.05, 4.69) is 11.8 Å². The second-order valence-electron chi connectivity index (χ2n) is 3.93. The van der Waals surface area contributed by atoms with Crippen LogP contribution in [0.4, 0.5) is 0 Å². The number of rotatable bonds is 2. The van der Waals surface area contributed by atoms with E-state index in [1.165, 1.54) is 11.3 Å². The van der Waals surface area contributed by atoms with Crippen LogP contribution in [-0.2, 0) is 6.54 Å². The molecule has 0 unspecified atom stereocenters. The quantitative estimate of drug-likeness (QED) is 0.831. The number of thiazole rings is 1. The van der Waals surface area contributed by atoms with Crippen molar-refractivity contribution in [1.82, 2.24) is 4.57 Å². The van der Waals surface area contributed by atoms with Crippen molar-refractivity contribution in [3.63, 3.8) is 0 Å². The third-order valence-electron chi connectivity index (χ3n) is 2.61. The second-order valence-corrected chi connectivity index (χ2v) is 4.75. The van der Waals surface area contributed by atoms with E-state index in [1.54, 1.807) is 4.57 Å². The SMILES string of the molecule is Cc1csc(=O)n1Cc1ccc(C#CCN)cc1. The van der Waals surface area contributed by atoms with Crippen molar-refractivity contribution in [2.45, 2.75) is 13.5 Å². The standard InChI is InChI=1S/C14H14N2OS/c1-11-10-18-14(17)16(11)9-13-6-4-12(5-7-13)3-2-8-15/h4-7,10H,8-9,15H2,1H3. The summed E-state index contributed by atoms with van der Waals surface area (Å²) >= 11 is 1.24. The third kappa shape index (κ3) is 2.89. The Morgan fingerprint density at radius 2 is 2.06 bits per heavy atom. The summed E-state index contributed by atoms with van der Waals surface area (Å²) in [6.45, 7) is 2.92. The Bertz CT molecular complexity index is 641. The molecule has 0 saturated carbocycles. The van der Waals surface area contributed by atoms with Gasteiger partial charge in [-0.05, 0) is 24.6 Å². The molecule has 92 valence electrons. The van der Waals surface area contributed by atoms with Crippen molar-refractivity contribution >= 4 is 11.3 Å². The van der Waals surface area contributed by atoms with Gasteiger partial charge in [0.25, 0.3) is 0 Å². The Morgan fingerprint density at radius 3 is 2.61 bits per heavy atom. The highest BCUT2D eigenvalue weighted by atomic mass is 32.1. The lowest BCUT2D eigenvalue weighted by Gasteiger charge is -2.04. The number of nitrogens with two attached hydrogens (primary N) is 1. The normalized spacial score (nSPS) is 9.89. The topological polar surface area (TPSA) is 48.0 Å². The van der Waals surface area contributed by atoms with Gasteiger partial charge < -0.3 is 5.73 Å². The molecule has 0 atom stereocenters. The van der Waals surface area contributed by atoms with Crippen LogP contribution in [0.1, 0.15) is 16.8 Å². The fraction of sp³-hybridized carbons (Fsp3) is 0.214. The molecule has 0 aliphatic heterocycles. The lowest BCUT2D eigenvalue weighted by Crippen LogP contribution is -2.15. The fourth-order valence-electron chi connectivity index (χ4n) is 1.63. The van der Waals surface area contributed by atoms with Crippen LogP contribution in [0, 0.1) is 18.8 Å². The van der Waals surface area contributed by atoms with Gasteiger partial charge in [0.1, 0.15) is 0 Å². The van der Waals surface area contributed by atoms with Gasteiger partial charge in [-0.15, -0.1) is 0 Å². The summed E-state index contributed by atoms with van der Waals surface area (Å²) in [7, 11) is 0. The van der Waals surface area contributed by atoms with Gasteiger partial charge in [0.05, 0.1) is 13.1 Å². The van der Waals surface area contributed by atoms with Crippen molar-refractivity contribution in [2.75, 3.05) is 6.54 Å². The van der Waals surface area contributed by atoms with Crippen molar-refractivity contribution < 1.29 is 0 Å². The van der Waals surface area contributed by atoms with E-state index in [0.29, 0.717) is 13.1 Å². The lowest BCUT2D eigenvalue weighted by atomic mass is 10.1. The Hall–Kier alpha value is -1.83. The summed E-state index contributed by atoms with van der Waals surface area (Å²) in [5.74, 6) is 5.78. The Morgan fingerprint density at radius 1 is 1.33 bits per heavy atom. The minimum absolute atomic E-state index is 0.0829. The Labute approximate surface area is 110 Å². The van der Waals surface area contributed by atoms with Crippen molar-refractivity contribution in [2.24, 2.45) is 5.73 Å². The molecule has 0 saturated heterocycles. The molecule has 1 heterocycles. The highest BCUT2D eigenvalue weighted by Gasteiger charge is 2.03.